The van der Waals surface area contributed by atoms with Gasteiger partial charge in [0.05, 0.1) is 6.61 Å². The van der Waals surface area contributed by atoms with Crippen molar-refractivity contribution in [1.29, 1.82) is 0 Å². The quantitative estimate of drug-likeness (QED) is 0.712. The lowest BCUT2D eigenvalue weighted by atomic mass is 9.97. The lowest BCUT2D eigenvalue weighted by Crippen LogP contribution is -2.45. The van der Waals surface area contributed by atoms with Crippen LogP contribution in [0.25, 0.3) is 0 Å². The van der Waals surface area contributed by atoms with Crippen LogP contribution in [0, 0.1) is 5.92 Å². The monoisotopic (exact) mass is 273 g/mol. The average Bonchev–Trinajstić information content (AvgIpc) is 2.37. The second-order valence-electron chi connectivity index (χ2n) is 5.09. The molecule has 0 amide bonds. The van der Waals surface area contributed by atoms with Gasteiger partial charge in [0, 0.05) is 19.7 Å². The molecule has 0 saturated carbocycles. The summed E-state index contributed by atoms with van der Waals surface area (Å²) in [6.07, 6.45) is 2.55. The highest BCUT2D eigenvalue weighted by atomic mass is 32.1. The van der Waals surface area contributed by atoms with Gasteiger partial charge in [0.2, 0.25) is 0 Å². The van der Waals surface area contributed by atoms with Crippen LogP contribution in [0.4, 0.5) is 0 Å². The van der Waals surface area contributed by atoms with Crippen molar-refractivity contribution in [2.45, 2.75) is 32.7 Å². The number of thiocarbonyl (C=S) groups is 1. The molecule has 0 bridgehead atoms. The van der Waals surface area contributed by atoms with Crippen LogP contribution in [0.5, 0.6) is 0 Å². The number of methoxy groups -OCH3 is 1. The topological polar surface area (TPSA) is 36.5 Å². The Morgan fingerprint density at radius 2 is 2.11 bits per heavy atom. The minimum Gasteiger partial charge on any atom is -0.383 e. The Balaban J connectivity index is 2.11. The third-order valence-corrected chi connectivity index (χ3v) is 3.76. The van der Waals surface area contributed by atoms with Crippen LogP contribution in [-0.4, -0.2) is 55.9 Å². The highest BCUT2D eigenvalue weighted by molar-refractivity contribution is 7.80. The number of nitrogens with one attached hydrogen (secondary N) is 2. The average molecular weight is 273 g/mol. The summed E-state index contributed by atoms with van der Waals surface area (Å²) in [4.78, 5) is 2.51. The highest BCUT2D eigenvalue weighted by Gasteiger charge is 2.18. The minimum absolute atomic E-state index is 0.261. The Bertz CT molecular complexity index is 242. The Hall–Kier alpha value is -0.390. The van der Waals surface area contributed by atoms with Crippen molar-refractivity contribution in [1.82, 2.24) is 15.5 Å². The molecule has 4 nitrogen and oxygen atoms in total. The molecule has 0 radical (unpaired) electrons. The predicted octanol–water partition coefficient (Wildman–Crippen LogP) is 1.22. The van der Waals surface area contributed by atoms with Crippen molar-refractivity contribution >= 4 is 17.3 Å². The maximum absolute atomic E-state index is 5.27. The van der Waals surface area contributed by atoms with Gasteiger partial charge in [-0.2, -0.15) is 0 Å². The van der Waals surface area contributed by atoms with Crippen molar-refractivity contribution in [2.75, 3.05) is 39.9 Å². The predicted molar refractivity (Wildman–Crippen MR) is 79.9 cm³/mol. The number of ether oxygens (including phenoxy) is 1. The summed E-state index contributed by atoms with van der Waals surface area (Å²) in [5, 5.41) is 7.29. The normalized spacial score (nSPS) is 19.5. The summed E-state index contributed by atoms with van der Waals surface area (Å²) < 4.78 is 5.07. The number of likely N-dealkylation sites (tertiary alicyclic amines) is 1. The SMILES string of the molecule is CCN1CCC(CNC(=S)NC(C)COC)CC1. The van der Waals surface area contributed by atoms with E-state index in [9.17, 15) is 0 Å². The van der Waals surface area contributed by atoms with Crippen molar-refractivity contribution in [3.8, 4) is 0 Å². The van der Waals surface area contributed by atoms with E-state index in [4.69, 9.17) is 17.0 Å². The van der Waals surface area contributed by atoms with E-state index in [2.05, 4.69) is 29.4 Å². The van der Waals surface area contributed by atoms with Crippen LogP contribution in [0.2, 0.25) is 0 Å². The van der Waals surface area contributed by atoms with E-state index in [-0.39, 0.29) is 6.04 Å². The van der Waals surface area contributed by atoms with E-state index in [1.54, 1.807) is 7.11 Å². The van der Waals surface area contributed by atoms with Gasteiger partial charge in [-0.25, -0.2) is 0 Å². The molecule has 1 saturated heterocycles. The van der Waals surface area contributed by atoms with Gasteiger partial charge in [-0.05, 0) is 57.5 Å². The van der Waals surface area contributed by atoms with E-state index < -0.39 is 0 Å². The largest absolute Gasteiger partial charge is 0.383 e. The molecule has 0 spiro atoms. The zero-order valence-electron chi connectivity index (χ0n) is 11.9. The van der Waals surface area contributed by atoms with Crippen LogP contribution in [0.15, 0.2) is 0 Å². The second-order valence-corrected chi connectivity index (χ2v) is 5.50. The molecule has 2 N–H and O–H groups in total. The fourth-order valence-corrected chi connectivity index (χ4v) is 2.59. The second kappa shape index (κ2) is 8.67. The molecule has 5 heteroatoms. The first-order valence-electron chi connectivity index (χ1n) is 6.91. The highest BCUT2D eigenvalue weighted by Crippen LogP contribution is 2.15. The summed E-state index contributed by atoms with van der Waals surface area (Å²) >= 11 is 5.27. The van der Waals surface area contributed by atoms with Crippen LogP contribution < -0.4 is 10.6 Å². The van der Waals surface area contributed by atoms with Crippen molar-refractivity contribution < 1.29 is 4.74 Å². The molecular weight excluding hydrogens is 246 g/mol. The Kier molecular flexibility index (Phi) is 7.54. The number of nitrogens with zero attached hydrogens (tertiary/aromatic N) is 1. The van der Waals surface area contributed by atoms with Crippen molar-refractivity contribution in [2.24, 2.45) is 5.92 Å². The first-order chi connectivity index (χ1) is 8.65. The van der Waals surface area contributed by atoms with E-state index in [1.807, 2.05) is 0 Å². The van der Waals surface area contributed by atoms with E-state index in [0.717, 1.165) is 17.6 Å². The van der Waals surface area contributed by atoms with Gasteiger partial charge < -0.3 is 20.3 Å². The maximum Gasteiger partial charge on any atom is 0.166 e. The Labute approximate surface area is 116 Å². The van der Waals surface area contributed by atoms with Gasteiger partial charge >= 0.3 is 0 Å². The molecule has 1 aliphatic heterocycles. The van der Waals surface area contributed by atoms with Crippen LogP contribution >= 0.6 is 12.2 Å². The molecule has 106 valence electrons. The van der Waals surface area contributed by atoms with E-state index >= 15 is 0 Å². The Morgan fingerprint density at radius 1 is 1.44 bits per heavy atom. The molecule has 1 atom stereocenters. The van der Waals surface area contributed by atoms with E-state index in [1.165, 1.54) is 32.5 Å². The third-order valence-electron chi connectivity index (χ3n) is 3.50. The number of piperidine rings is 1. The lowest BCUT2D eigenvalue weighted by molar-refractivity contribution is 0.178. The maximum atomic E-state index is 5.27. The van der Waals surface area contributed by atoms with Crippen LogP contribution in [-0.2, 0) is 4.74 Å². The van der Waals surface area contributed by atoms with Gasteiger partial charge in [-0.3, -0.25) is 0 Å². The summed E-state index contributed by atoms with van der Waals surface area (Å²) in [6, 6.07) is 0.261. The summed E-state index contributed by atoms with van der Waals surface area (Å²) in [6.45, 7) is 9.59. The summed E-state index contributed by atoms with van der Waals surface area (Å²) in [7, 11) is 1.70. The van der Waals surface area contributed by atoms with E-state index in [0.29, 0.717) is 6.61 Å². The molecule has 1 rings (SSSR count). The fourth-order valence-electron chi connectivity index (χ4n) is 2.31. The smallest absolute Gasteiger partial charge is 0.166 e. The summed E-state index contributed by atoms with van der Waals surface area (Å²) in [5.74, 6) is 0.755. The molecule has 1 aliphatic rings. The molecule has 0 aromatic heterocycles. The summed E-state index contributed by atoms with van der Waals surface area (Å²) in [5.41, 5.74) is 0. The van der Waals surface area contributed by atoms with Crippen LogP contribution in [0.3, 0.4) is 0 Å². The van der Waals surface area contributed by atoms with Gasteiger partial charge in [-0.1, -0.05) is 6.92 Å². The van der Waals surface area contributed by atoms with Gasteiger partial charge in [0.15, 0.2) is 5.11 Å². The van der Waals surface area contributed by atoms with Gasteiger partial charge in [0.1, 0.15) is 0 Å². The zero-order valence-corrected chi connectivity index (χ0v) is 12.7. The molecule has 1 unspecified atom stereocenters. The Morgan fingerprint density at radius 3 is 2.67 bits per heavy atom. The van der Waals surface area contributed by atoms with Crippen molar-refractivity contribution in [3.05, 3.63) is 0 Å². The molecular formula is C13H27N3OS. The number of hydrogen-bond acceptors (Lipinski definition) is 3. The fraction of sp³-hybridized carbons (Fsp3) is 0.923. The van der Waals surface area contributed by atoms with Crippen molar-refractivity contribution in [3.63, 3.8) is 0 Å². The van der Waals surface area contributed by atoms with Crippen LogP contribution in [0.1, 0.15) is 26.7 Å². The van der Waals surface area contributed by atoms with Gasteiger partial charge in [-0.15, -0.1) is 0 Å². The molecule has 0 aliphatic carbocycles. The first-order valence-corrected chi connectivity index (χ1v) is 7.32. The molecule has 1 fully saturated rings. The minimum atomic E-state index is 0.261. The standard InChI is InChI=1S/C13H27N3OS/c1-4-16-7-5-12(6-8-16)9-14-13(18)15-11(2)10-17-3/h11-12H,4-10H2,1-3H3,(H2,14,15,18). The first kappa shape index (κ1) is 15.7. The molecule has 1 heterocycles. The van der Waals surface area contributed by atoms with Gasteiger partial charge in [0.25, 0.3) is 0 Å². The lowest BCUT2D eigenvalue weighted by Gasteiger charge is -2.31. The number of hydrogen-bond donors (Lipinski definition) is 2. The zero-order chi connectivity index (χ0) is 13.4. The third kappa shape index (κ3) is 5.98. The molecule has 0 aromatic rings. The molecule has 18 heavy (non-hydrogen) atoms. The number of rotatable bonds is 6. The molecule has 0 aromatic carbocycles.